The van der Waals surface area contributed by atoms with Crippen LogP contribution < -0.4 is 0 Å². The molecule has 1 saturated heterocycles. The SMILES string of the molecule is Cc1oc2ccc(O)c(CN3CCCC[C@@H]3C)c2c1C(=O)OCCc1ccccc1. The van der Waals surface area contributed by atoms with Gasteiger partial charge in [0.1, 0.15) is 22.7 Å². The summed E-state index contributed by atoms with van der Waals surface area (Å²) in [6.07, 6.45) is 4.19. The topological polar surface area (TPSA) is 62.9 Å². The number of furan rings is 1. The molecule has 3 aromatic rings. The van der Waals surface area contributed by atoms with Crippen molar-refractivity contribution in [3.8, 4) is 5.75 Å². The van der Waals surface area contributed by atoms with Gasteiger partial charge in [0.15, 0.2) is 0 Å². The van der Waals surface area contributed by atoms with E-state index in [1.54, 1.807) is 19.1 Å². The number of ether oxygens (including phenoxy) is 1. The van der Waals surface area contributed by atoms with Crippen molar-refractivity contribution in [2.24, 2.45) is 0 Å². The number of nitrogens with zero attached hydrogens (tertiary/aromatic N) is 1. The van der Waals surface area contributed by atoms with Crippen molar-refractivity contribution in [3.05, 3.63) is 64.9 Å². The molecular weight excluding hydrogens is 378 g/mol. The third-order valence-electron chi connectivity index (χ3n) is 6.09. The normalized spacial score (nSPS) is 17.3. The Morgan fingerprint density at radius 2 is 2.00 bits per heavy atom. The molecule has 0 unspecified atom stereocenters. The maximum Gasteiger partial charge on any atom is 0.342 e. The van der Waals surface area contributed by atoms with E-state index in [-0.39, 0.29) is 5.75 Å². The van der Waals surface area contributed by atoms with E-state index < -0.39 is 5.97 Å². The van der Waals surface area contributed by atoms with Crippen LogP contribution >= 0.6 is 0 Å². The van der Waals surface area contributed by atoms with Gasteiger partial charge in [-0.15, -0.1) is 0 Å². The van der Waals surface area contributed by atoms with Crippen molar-refractivity contribution in [3.63, 3.8) is 0 Å². The van der Waals surface area contributed by atoms with Gasteiger partial charge in [0.25, 0.3) is 0 Å². The van der Waals surface area contributed by atoms with Gasteiger partial charge in [-0.25, -0.2) is 4.79 Å². The van der Waals surface area contributed by atoms with Crippen LogP contribution in [-0.4, -0.2) is 35.2 Å². The number of carbonyl (C=O) groups excluding carboxylic acids is 1. The predicted octanol–water partition coefficient (Wildman–Crippen LogP) is 5.22. The molecule has 5 heteroatoms. The number of piperidine rings is 1. The molecule has 5 nitrogen and oxygen atoms in total. The van der Waals surface area contributed by atoms with Gasteiger partial charge in [-0.1, -0.05) is 36.8 Å². The monoisotopic (exact) mass is 407 g/mol. The Morgan fingerprint density at radius 1 is 1.20 bits per heavy atom. The van der Waals surface area contributed by atoms with Crippen molar-refractivity contribution in [1.29, 1.82) is 0 Å². The predicted molar refractivity (Wildman–Crippen MR) is 117 cm³/mol. The van der Waals surface area contributed by atoms with Crippen LogP contribution in [0.25, 0.3) is 11.0 Å². The Labute approximate surface area is 177 Å². The van der Waals surface area contributed by atoms with Crippen LogP contribution in [0.2, 0.25) is 0 Å². The zero-order valence-corrected chi connectivity index (χ0v) is 17.7. The molecule has 158 valence electrons. The summed E-state index contributed by atoms with van der Waals surface area (Å²) in [4.78, 5) is 15.3. The molecule has 2 aromatic carbocycles. The van der Waals surface area contributed by atoms with Crippen LogP contribution in [0.4, 0.5) is 0 Å². The third kappa shape index (κ3) is 4.21. The van der Waals surface area contributed by atoms with Gasteiger partial charge in [0, 0.05) is 30.0 Å². The Kier molecular flexibility index (Phi) is 6.09. The molecule has 0 radical (unpaired) electrons. The lowest BCUT2D eigenvalue weighted by Crippen LogP contribution is -2.36. The van der Waals surface area contributed by atoms with E-state index in [9.17, 15) is 9.90 Å². The molecule has 2 heterocycles. The van der Waals surface area contributed by atoms with E-state index in [1.165, 1.54) is 6.42 Å². The number of rotatable bonds is 6. The van der Waals surface area contributed by atoms with Crippen LogP contribution in [0.5, 0.6) is 5.75 Å². The summed E-state index contributed by atoms with van der Waals surface area (Å²) in [6, 6.07) is 13.8. The number of hydrogen-bond acceptors (Lipinski definition) is 5. The van der Waals surface area contributed by atoms with Crippen LogP contribution in [0.15, 0.2) is 46.9 Å². The number of esters is 1. The highest BCUT2D eigenvalue weighted by Gasteiger charge is 2.26. The Morgan fingerprint density at radius 3 is 2.77 bits per heavy atom. The number of hydrogen-bond donors (Lipinski definition) is 1. The number of phenols is 1. The van der Waals surface area contributed by atoms with E-state index in [4.69, 9.17) is 9.15 Å². The van der Waals surface area contributed by atoms with Crippen molar-refractivity contribution in [2.45, 2.75) is 52.1 Å². The Bertz CT molecular complexity index is 1020. The molecule has 1 N–H and O–H groups in total. The first-order valence-corrected chi connectivity index (χ1v) is 10.7. The molecule has 4 rings (SSSR count). The van der Waals surface area contributed by atoms with Crippen molar-refractivity contribution in [1.82, 2.24) is 4.90 Å². The molecule has 30 heavy (non-hydrogen) atoms. The van der Waals surface area contributed by atoms with E-state index in [2.05, 4.69) is 11.8 Å². The fourth-order valence-corrected chi connectivity index (χ4v) is 4.35. The highest BCUT2D eigenvalue weighted by atomic mass is 16.5. The molecule has 0 bridgehead atoms. The van der Waals surface area contributed by atoms with Crippen molar-refractivity contribution >= 4 is 16.9 Å². The van der Waals surface area contributed by atoms with E-state index in [0.717, 1.165) is 30.5 Å². The van der Waals surface area contributed by atoms with E-state index >= 15 is 0 Å². The molecule has 0 saturated carbocycles. The van der Waals surface area contributed by atoms with Crippen LogP contribution in [0, 0.1) is 6.92 Å². The average molecular weight is 408 g/mol. The number of phenolic OH excluding ortho intramolecular Hbond substituents is 1. The number of fused-ring (bicyclic) bond motifs is 1. The first-order valence-electron chi connectivity index (χ1n) is 10.7. The summed E-state index contributed by atoms with van der Waals surface area (Å²) >= 11 is 0. The number of likely N-dealkylation sites (tertiary alicyclic amines) is 1. The quantitative estimate of drug-likeness (QED) is 0.568. The molecule has 1 aliphatic heterocycles. The highest BCUT2D eigenvalue weighted by molar-refractivity contribution is 6.06. The molecule has 1 aliphatic rings. The summed E-state index contributed by atoms with van der Waals surface area (Å²) < 4.78 is 11.5. The summed E-state index contributed by atoms with van der Waals surface area (Å²) in [5.41, 5.74) is 2.90. The molecule has 1 fully saturated rings. The maximum atomic E-state index is 13.0. The van der Waals surface area contributed by atoms with Crippen LogP contribution in [0.1, 0.15) is 53.4 Å². The highest BCUT2D eigenvalue weighted by Crippen LogP contribution is 2.36. The van der Waals surface area contributed by atoms with Gasteiger partial charge in [-0.3, -0.25) is 4.90 Å². The second-order valence-corrected chi connectivity index (χ2v) is 8.16. The lowest BCUT2D eigenvalue weighted by Gasteiger charge is -2.33. The summed E-state index contributed by atoms with van der Waals surface area (Å²) in [7, 11) is 0. The van der Waals surface area contributed by atoms with Gasteiger partial charge in [-0.05, 0) is 50.9 Å². The first-order chi connectivity index (χ1) is 14.5. The van der Waals surface area contributed by atoms with E-state index in [1.807, 2.05) is 30.3 Å². The second kappa shape index (κ2) is 8.92. The van der Waals surface area contributed by atoms with Gasteiger partial charge in [0.05, 0.1) is 6.61 Å². The zero-order chi connectivity index (χ0) is 21.1. The summed E-state index contributed by atoms with van der Waals surface area (Å²) in [5.74, 6) is 0.313. The summed E-state index contributed by atoms with van der Waals surface area (Å²) in [6.45, 7) is 5.87. The minimum Gasteiger partial charge on any atom is -0.508 e. The van der Waals surface area contributed by atoms with E-state index in [0.29, 0.717) is 47.9 Å². The molecule has 0 amide bonds. The first kappa shape index (κ1) is 20.5. The standard InChI is InChI=1S/C25H29NO4/c1-17-8-6-7-14-26(17)16-20-21(27)11-12-22-24(20)23(18(2)30-22)25(28)29-15-13-19-9-4-3-5-10-19/h3-5,9-12,17,27H,6-8,13-16H2,1-2H3/t17-/m0/s1. The molecule has 1 aromatic heterocycles. The fraction of sp³-hybridized carbons (Fsp3) is 0.400. The maximum absolute atomic E-state index is 13.0. The second-order valence-electron chi connectivity index (χ2n) is 8.16. The summed E-state index contributed by atoms with van der Waals surface area (Å²) in [5, 5.41) is 11.3. The number of aromatic hydroxyl groups is 1. The number of benzene rings is 2. The van der Waals surface area contributed by atoms with Gasteiger partial charge in [-0.2, -0.15) is 0 Å². The molecular formula is C25H29NO4. The van der Waals surface area contributed by atoms with Gasteiger partial charge >= 0.3 is 5.97 Å². The minimum atomic E-state index is -0.402. The zero-order valence-electron chi connectivity index (χ0n) is 17.7. The molecule has 0 aliphatic carbocycles. The van der Waals surface area contributed by atoms with Gasteiger partial charge < -0.3 is 14.3 Å². The largest absolute Gasteiger partial charge is 0.508 e. The minimum absolute atomic E-state index is 0.194. The lowest BCUT2D eigenvalue weighted by atomic mass is 9.99. The van der Waals surface area contributed by atoms with Crippen LogP contribution in [0.3, 0.4) is 0 Å². The fourth-order valence-electron chi connectivity index (χ4n) is 4.35. The smallest absolute Gasteiger partial charge is 0.342 e. The third-order valence-corrected chi connectivity index (χ3v) is 6.09. The van der Waals surface area contributed by atoms with Crippen LogP contribution in [-0.2, 0) is 17.7 Å². The Hall–Kier alpha value is -2.79. The number of carbonyl (C=O) groups is 1. The lowest BCUT2D eigenvalue weighted by molar-refractivity contribution is 0.0509. The molecule has 1 atom stereocenters. The van der Waals surface area contributed by atoms with Crippen molar-refractivity contribution < 1.29 is 19.1 Å². The average Bonchev–Trinajstić information content (AvgIpc) is 3.08. The number of aryl methyl sites for hydroxylation is 1. The Balaban J connectivity index is 1.60. The van der Waals surface area contributed by atoms with Gasteiger partial charge in [0.2, 0.25) is 0 Å². The molecule has 0 spiro atoms. The van der Waals surface area contributed by atoms with Crippen molar-refractivity contribution in [2.75, 3.05) is 13.2 Å².